The van der Waals surface area contributed by atoms with Gasteiger partial charge in [0.25, 0.3) is 0 Å². The highest BCUT2D eigenvalue weighted by molar-refractivity contribution is 5.60. The number of likely N-dealkylation sites (tertiary alicyclic amines) is 1. The van der Waals surface area contributed by atoms with E-state index in [1.807, 2.05) is 24.7 Å². The Morgan fingerprint density at radius 1 is 0.964 bits per heavy atom. The van der Waals surface area contributed by atoms with Crippen LogP contribution in [0.3, 0.4) is 0 Å². The van der Waals surface area contributed by atoms with Gasteiger partial charge in [0.05, 0.1) is 11.4 Å². The van der Waals surface area contributed by atoms with E-state index < -0.39 is 0 Å². The summed E-state index contributed by atoms with van der Waals surface area (Å²) in [7, 11) is 0. The van der Waals surface area contributed by atoms with Crippen LogP contribution in [0.2, 0.25) is 0 Å². The lowest BCUT2D eigenvalue weighted by Crippen LogP contribution is -2.36. The van der Waals surface area contributed by atoms with Crippen LogP contribution in [0.15, 0.2) is 67.1 Å². The standard InChI is InChI=1S/C24H26N4/c1-19-5-2-6-20(13-19)15-27-12-9-24(17-27)18-28(16-21-7-3-10-25-14-21)22-8-4-11-26-23(22)24/h2-8,10-11,13-14H,9,12,15-18H2,1H3/t24-/m1/s1. The number of hydrogen-bond donors (Lipinski definition) is 0. The fraction of sp³-hybridized carbons (Fsp3) is 0.333. The topological polar surface area (TPSA) is 32.3 Å². The summed E-state index contributed by atoms with van der Waals surface area (Å²) in [6.45, 7) is 7.33. The highest BCUT2D eigenvalue weighted by atomic mass is 15.2. The molecule has 0 unspecified atom stereocenters. The molecule has 4 heteroatoms. The van der Waals surface area contributed by atoms with Gasteiger partial charge in [-0.05, 0) is 49.2 Å². The Hall–Kier alpha value is -2.72. The van der Waals surface area contributed by atoms with E-state index in [1.165, 1.54) is 34.5 Å². The number of fused-ring (bicyclic) bond motifs is 2. The van der Waals surface area contributed by atoms with E-state index in [4.69, 9.17) is 4.98 Å². The normalized spacial score (nSPS) is 21.4. The number of rotatable bonds is 4. The maximum Gasteiger partial charge on any atom is 0.0729 e. The number of pyridine rings is 2. The van der Waals surface area contributed by atoms with Gasteiger partial charge in [0, 0.05) is 50.2 Å². The van der Waals surface area contributed by atoms with Gasteiger partial charge >= 0.3 is 0 Å². The van der Waals surface area contributed by atoms with Gasteiger partial charge in [-0.3, -0.25) is 14.9 Å². The Morgan fingerprint density at radius 3 is 2.71 bits per heavy atom. The van der Waals surface area contributed by atoms with Crippen LogP contribution in [-0.4, -0.2) is 34.5 Å². The summed E-state index contributed by atoms with van der Waals surface area (Å²) >= 11 is 0. The predicted molar refractivity (Wildman–Crippen MR) is 112 cm³/mol. The summed E-state index contributed by atoms with van der Waals surface area (Å²) in [5, 5.41) is 0. The van der Waals surface area contributed by atoms with Crippen LogP contribution in [0.5, 0.6) is 0 Å². The van der Waals surface area contributed by atoms with Crippen LogP contribution in [0.25, 0.3) is 0 Å². The summed E-state index contributed by atoms with van der Waals surface area (Å²) in [6.07, 6.45) is 6.94. The molecule has 1 atom stereocenters. The first-order chi connectivity index (χ1) is 13.7. The fourth-order valence-corrected chi connectivity index (χ4v) is 4.92. The van der Waals surface area contributed by atoms with Crippen molar-refractivity contribution in [1.82, 2.24) is 14.9 Å². The van der Waals surface area contributed by atoms with Crippen molar-refractivity contribution in [2.75, 3.05) is 24.5 Å². The minimum absolute atomic E-state index is 0.141. The Morgan fingerprint density at radius 2 is 1.86 bits per heavy atom. The Kier molecular flexibility index (Phi) is 4.36. The molecule has 0 radical (unpaired) electrons. The minimum Gasteiger partial charge on any atom is -0.365 e. The molecule has 1 saturated heterocycles. The lowest BCUT2D eigenvalue weighted by Gasteiger charge is -2.26. The monoisotopic (exact) mass is 370 g/mol. The first-order valence-electron chi connectivity index (χ1n) is 10.1. The maximum atomic E-state index is 4.86. The third-order valence-electron chi connectivity index (χ3n) is 6.14. The van der Waals surface area contributed by atoms with Crippen molar-refractivity contribution in [2.24, 2.45) is 0 Å². The quantitative estimate of drug-likeness (QED) is 0.696. The molecule has 5 rings (SSSR count). The molecule has 2 aromatic heterocycles. The number of anilines is 1. The van der Waals surface area contributed by atoms with Gasteiger partial charge in [-0.25, -0.2) is 0 Å². The van der Waals surface area contributed by atoms with Crippen molar-refractivity contribution in [3.8, 4) is 0 Å². The van der Waals surface area contributed by atoms with Crippen molar-refractivity contribution < 1.29 is 0 Å². The van der Waals surface area contributed by atoms with Gasteiger partial charge < -0.3 is 4.90 Å². The summed E-state index contributed by atoms with van der Waals surface area (Å²) in [6, 6.07) is 17.4. The average Bonchev–Trinajstić information content (AvgIpc) is 3.25. The van der Waals surface area contributed by atoms with Crippen LogP contribution in [-0.2, 0) is 18.5 Å². The molecule has 4 nitrogen and oxygen atoms in total. The maximum absolute atomic E-state index is 4.86. The summed E-state index contributed by atoms with van der Waals surface area (Å²) in [5.41, 5.74) is 6.71. The number of benzene rings is 1. The molecule has 28 heavy (non-hydrogen) atoms. The van der Waals surface area contributed by atoms with Gasteiger partial charge in [-0.15, -0.1) is 0 Å². The molecule has 0 saturated carbocycles. The van der Waals surface area contributed by atoms with Crippen molar-refractivity contribution in [3.05, 3.63) is 89.5 Å². The second kappa shape index (κ2) is 7.02. The predicted octanol–water partition coefficient (Wildman–Crippen LogP) is 3.95. The number of aromatic nitrogens is 2. The van der Waals surface area contributed by atoms with Crippen molar-refractivity contribution in [3.63, 3.8) is 0 Å². The zero-order valence-electron chi connectivity index (χ0n) is 16.4. The van der Waals surface area contributed by atoms with E-state index in [9.17, 15) is 0 Å². The lowest BCUT2D eigenvalue weighted by molar-refractivity contribution is 0.305. The molecule has 2 aliphatic heterocycles. The molecule has 1 fully saturated rings. The molecule has 0 bridgehead atoms. The Labute approximate surface area is 166 Å². The van der Waals surface area contributed by atoms with Gasteiger partial charge in [0.2, 0.25) is 0 Å². The molecule has 142 valence electrons. The third kappa shape index (κ3) is 3.18. The van der Waals surface area contributed by atoms with E-state index in [0.717, 1.165) is 32.7 Å². The molecule has 1 aromatic carbocycles. The van der Waals surface area contributed by atoms with Gasteiger partial charge in [-0.2, -0.15) is 0 Å². The average molecular weight is 371 g/mol. The zero-order chi connectivity index (χ0) is 19.0. The van der Waals surface area contributed by atoms with Crippen molar-refractivity contribution in [1.29, 1.82) is 0 Å². The zero-order valence-corrected chi connectivity index (χ0v) is 16.4. The first kappa shape index (κ1) is 17.4. The van der Waals surface area contributed by atoms with Gasteiger partial charge in [0.1, 0.15) is 0 Å². The molecule has 0 N–H and O–H groups in total. The van der Waals surface area contributed by atoms with Crippen molar-refractivity contribution >= 4 is 5.69 Å². The lowest BCUT2D eigenvalue weighted by atomic mass is 9.85. The Bertz CT molecular complexity index is 971. The van der Waals surface area contributed by atoms with E-state index in [2.05, 4.69) is 64.2 Å². The number of nitrogens with zero attached hydrogens (tertiary/aromatic N) is 4. The summed E-state index contributed by atoms with van der Waals surface area (Å²) in [5.74, 6) is 0. The molecule has 2 aliphatic rings. The molecule has 0 aliphatic carbocycles. The van der Waals surface area contributed by atoms with E-state index in [-0.39, 0.29) is 5.41 Å². The van der Waals surface area contributed by atoms with E-state index in [0.29, 0.717) is 0 Å². The molecular weight excluding hydrogens is 344 g/mol. The van der Waals surface area contributed by atoms with Crippen LogP contribution >= 0.6 is 0 Å². The van der Waals surface area contributed by atoms with Gasteiger partial charge in [-0.1, -0.05) is 35.9 Å². The third-order valence-corrected chi connectivity index (χ3v) is 6.14. The summed E-state index contributed by atoms with van der Waals surface area (Å²) < 4.78 is 0. The van der Waals surface area contributed by atoms with E-state index in [1.54, 1.807) is 0 Å². The second-order valence-electron chi connectivity index (χ2n) is 8.32. The van der Waals surface area contributed by atoms with Crippen molar-refractivity contribution in [2.45, 2.75) is 31.8 Å². The van der Waals surface area contributed by atoms with Gasteiger partial charge in [0.15, 0.2) is 0 Å². The van der Waals surface area contributed by atoms with Crippen LogP contribution in [0.4, 0.5) is 5.69 Å². The molecule has 4 heterocycles. The minimum atomic E-state index is 0.141. The highest BCUT2D eigenvalue weighted by Gasteiger charge is 2.48. The summed E-state index contributed by atoms with van der Waals surface area (Å²) in [4.78, 5) is 14.2. The number of aryl methyl sites for hydroxylation is 1. The van der Waals surface area contributed by atoms with Crippen LogP contribution in [0.1, 0.15) is 28.8 Å². The molecule has 0 amide bonds. The Balaban J connectivity index is 1.38. The highest BCUT2D eigenvalue weighted by Crippen LogP contribution is 2.45. The smallest absolute Gasteiger partial charge is 0.0729 e. The first-order valence-corrected chi connectivity index (χ1v) is 10.1. The SMILES string of the molecule is Cc1cccc(CN2CC[C@@]3(C2)CN(Cc2cccnc2)c2cccnc23)c1. The number of hydrogen-bond acceptors (Lipinski definition) is 4. The fourth-order valence-electron chi connectivity index (χ4n) is 4.92. The molecule has 1 spiro atoms. The van der Waals surface area contributed by atoms with E-state index >= 15 is 0 Å². The second-order valence-corrected chi connectivity index (χ2v) is 8.32. The largest absolute Gasteiger partial charge is 0.365 e. The van der Waals surface area contributed by atoms with Crippen LogP contribution < -0.4 is 4.90 Å². The van der Waals surface area contributed by atoms with Crippen LogP contribution in [0, 0.1) is 6.92 Å². The molecular formula is C24H26N4. The molecule has 3 aromatic rings.